The minimum Gasteiger partial charge on any atom is -0.324 e. The van der Waals surface area contributed by atoms with E-state index < -0.39 is 34.4 Å². The van der Waals surface area contributed by atoms with E-state index in [4.69, 9.17) is 0 Å². The van der Waals surface area contributed by atoms with E-state index in [1.165, 1.54) is 22.5 Å². The summed E-state index contributed by atoms with van der Waals surface area (Å²) in [6, 6.07) is 3.62. The third-order valence-corrected chi connectivity index (χ3v) is 7.40. The van der Waals surface area contributed by atoms with Gasteiger partial charge in [0.2, 0.25) is 15.9 Å². The number of halogens is 1. The Balaban J connectivity index is 1.77. The average molecular weight is 471 g/mol. The number of carbonyl (C=O) groups excluding carboxylic acids is 3. The number of hydrogen-bond donors (Lipinski definition) is 1. The van der Waals surface area contributed by atoms with Gasteiger partial charge in [-0.2, -0.15) is 9.30 Å². The van der Waals surface area contributed by atoms with Crippen LogP contribution in [0.1, 0.15) is 19.8 Å². The summed E-state index contributed by atoms with van der Waals surface area (Å²) in [6.45, 7) is 2.41. The lowest BCUT2D eigenvalue weighted by Crippen LogP contribution is -2.39. The topological polar surface area (TPSA) is 116 Å². The fourth-order valence-corrected chi connectivity index (χ4v) is 5.67. The number of benzene rings is 1. The van der Waals surface area contributed by atoms with E-state index in [9.17, 15) is 22.8 Å². The molecule has 3 rings (SSSR count). The number of rotatable bonds is 5. The third kappa shape index (κ3) is 4.31. The lowest BCUT2D eigenvalue weighted by molar-refractivity contribution is -0.125. The van der Waals surface area contributed by atoms with Crippen LogP contribution < -0.4 is 5.32 Å². The fraction of sp³-hybridized carbons (Fsp3) is 0.412. The largest absolute Gasteiger partial charge is 0.351 e. The van der Waals surface area contributed by atoms with Gasteiger partial charge in [-0.15, -0.1) is 0 Å². The maximum Gasteiger partial charge on any atom is 0.351 e. The first kappa shape index (κ1) is 20.6. The van der Waals surface area contributed by atoms with Crippen LogP contribution in [0.15, 0.2) is 32.6 Å². The van der Waals surface area contributed by atoms with Crippen molar-refractivity contribution >= 4 is 55.7 Å². The van der Waals surface area contributed by atoms with Gasteiger partial charge in [0.1, 0.15) is 6.54 Å². The number of anilines is 1. The number of piperidine rings is 1. The molecule has 1 fully saturated rings. The Labute approximate surface area is 171 Å². The number of nitrogens with zero attached hydrogens (tertiary/aromatic N) is 3. The van der Waals surface area contributed by atoms with Crippen molar-refractivity contribution in [2.24, 2.45) is 10.9 Å². The summed E-state index contributed by atoms with van der Waals surface area (Å²) in [5.41, 5.74) is 0.247. The van der Waals surface area contributed by atoms with Crippen LogP contribution in [0.5, 0.6) is 0 Å². The summed E-state index contributed by atoms with van der Waals surface area (Å²) < 4.78 is 27.9. The Bertz CT molecular complexity index is 944. The molecule has 0 spiro atoms. The molecule has 1 aromatic rings. The quantitative estimate of drug-likeness (QED) is 0.704. The van der Waals surface area contributed by atoms with Crippen molar-refractivity contribution < 1.29 is 22.8 Å². The Morgan fingerprint density at radius 3 is 2.75 bits per heavy atom. The van der Waals surface area contributed by atoms with Gasteiger partial charge < -0.3 is 5.32 Å². The van der Waals surface area contributed by atoms with Crippen molar-refractivity contribution in [3.8, 4) is 0 Å². The van der Waals surface area contributed by atoms with Gasteiger partial charge in [-0.05, 0) is 52.9 Å². The van der Waals surface area contributed by atoms with E-state index in [2.05, 4.69) is 26.2 Å². The number of carbonyl (C=O) groups is 3. The molecule has 4 amide bonds. The van der Waals surface area contributed by atoms with Crippen LogP contribution in [0.25, 0.3) is 0 Å². The molecular weight excluding hydrogens is 452 g/mol. The first-order chi connectivity index (χ1) is 13.2. The van der Waals surface area contributed by atoms with E-state index >= 15 is 0 Å². The molecule has 0 aromatic heterocycles. The molecule has 1 N–H and O–H groups in total. The highest BCUT2D eigenvalue weighted by molar-refractivity contribution is 9.10. The summed E-state index contributed by atoms with van der Waals surface area (Å²) in [5, 5.41) is 2.52. The fourth-order valence-electron chi connectivity index (χ4n) is 3.12. The second-order valence-corrected chi connectivity index (χ2v) is 9.53. The van der Waals surface area contributed by atoms with Crippen molar-refractivity contribution in [2.45, 2.75) is 24.7 Å². The number of aliphatic imine (C=N–C) groups is 1. The van der Waals surface area contributed by atoms with Gasteiger partial charge in [0.05, 0.1) is 11.1 Å². The predicted molar refractivity (Wildman–Crippen MR) is 106 cm³/mol. The van der Waals surface area contributed by atoms with Gasteiger partial charge in [0.25, 0.3) is 5.91 Å². The van der Waals surface area contributed by atoms with Gasteiger partial charge in [-0.25, -0.2) is 18.1 Å². The minimum absolute atomic E-state index is 0.0519. The van der Waals surface area contributed by atoms with E-state index in [0.717, 1.165) is 19.1 Å². The van der Waals surface area contributed by atoms with Crippen LogP contribution in [0.4, 0.5) is 10.5 Å². The summed E-state index contributed by atoms with van der Waals surface area (Å²) in [7, 11) is -3.73. The lowest BCUT2D eigenvalue weighted by atomic mass is 10.0. The molecule has 150 valence electrons. The monoisotopic (exact) mass is 470 g/mol. The highest BCUT2D eigenvalue weighted by Gasteiger charge is 2.31. The van der Waals surface area contributed by atoms with Gasteiger partial charge in [0, 0.05) is 23.2 Å². The lowest BCUT2D eigenvalue weighted by Gasteiger charge is -2.30. The molecule has 28 heavy (non-hydrogen) atoms. The van der Waals surface area contributed by atoms with E-state index in [-0.39, 0.29) is 16.5 Å². The molecule has 1 aromatic carbocycles. The smallest absolute Gasteiger partial charge is 0.324 e. The molecule has 2 aliphatic rings. The van der Waals surface area contributed by atoms with Crippen LogP contribution in [0, 0.1) is 5.92 Å². The molecule has 1 atom stereocenters. The van der Waals surface area contributed by atoms with Gasteiger partial charge in [-0.3, -0.25) is 9.59 Å². The molecule has 2 heterocycles. The van der Waals surface area contributed by atoms with Crippen LogP contribution >= 0.6 is 15.9 Å². The summed E-state index contributed by atoms with van der Waals surface area (Å²) >= 11 is 3.27. The predicted octanol–water partition coefficient (Wildman–Crippen LogP) is 1.84. The van der Waals surface area contributed by atoms with E-state index in [0.29, 0.717) is 22.5 Å². The van der Waals surface area contributed by atoms with E-state index in [1.807, 2.05) is 6.92 Å². The third-order valence-electron chi connectivity index (χ3n) is 4.54. The van der Waals surface area contributed by atoms with Crippen LogP contribution in [-0.4, -0.2) is 61.3 Å². The number of sulfonamides is 1. The van der Waals surface area contributed by atoms with Gasteiger partial charge in [0.15, 0.2) is 0 Å². The van der Waals surface area contributed by atoms with Crippen molar-refractivity contribution in [2.75, 3.05) is 25.0 Å². The highest BCUT2D eigenvalue weighted by Crippen LogP contribution is 2.30. The molecule has 11 heteroatoms. The molecule has 0 radical (unpaired) electrons. The maximum atomic E-state index is 13.0. The molecule has 0 saturated carbocycles. The zero-order valence-electron chi connectivity index (χ0n) is 15.1. The molecular formula is C17H19BrN4O5S. The summed E-state index contributed by atoms with van der Waals surface area (Å²) in [5.74, 6) is -1.02. The molecule has 9 nitrogen and oxygen atoms in total. The van der Waals surface area contributed by atoms with Crippen molar-refractivity contribution in [1.82, 2.24) is 9.21 Å². The first-order valence-electron chi connectivity index (χ1n) is 8.67. The molecule has 0 bridgehead atoms. The van der Waals surface area contributed by atoms with Crippen LogP contribution in [0.2, 0.25) is 0 Å². The summed E-state index contributed by atoms with van der Waals surface area (Å²) in [4.78, 5) is 39.2. The second kappa shape index (κ2) is 8.10. The summed E-state index contributed by atoms with van der Waals surface area (Å²) in [6.07, 6.45) is 2.63. The minimum atomic E-state index is -3.73. The normalized spacial score (nSPS) is 20.6. The molecule has 1 saturated heterocycles. The molecule has 0 aliphatic carbocycles. The number of amides is 4. The van der Waals surface area contributed by atoms with Crippen LogP contribution in [-0.2, 0) is 19.6 Å². The SMILES string of the molecule is C[C@H]1CCCN(S(=O)(=O)c2cc(NC(=O)CN3C(=O)C=NC3=O)ccc2Br)C1. The zero-order chi connectivity index (χ0) is 20.5. The second-order valence-electron chi connectivity index (χ2n) is 6.77. The molecule has 0 unspecified atom stereocenters. The highest BCUT2D eigenvalue weighted by atomic mass is 79.9. The van der Waals surface area contributed by atoms with Gasteiger partial charge in [-0.1, -0.05) is 6.92 Å². The molecule has 2 aliphatic heterocycles. The van der Waals surface area contributed by atoms with E-state index in [1.54, 1.807) is 0 Å². The van der Waals surface area contributed by atoms with Crippen molar-refractivity contribution in [3.05, 3.63) is 22.7 Å². The van der Waals surface area contributed by atoms with Crippen molar-refractivity contribution in [1.29, 1.82) is 0 Å². The Kier molecular flexibility index (Phi) is 5.96. The number of nitrogens with one attached hydrogen (secondary N) is 1. The Morgan fingerprint density at radius 2 is 2.11 bits per heavy atom. The maximum absolute atomic E-state index is 13.0. The number of imide groups is 1. The Hall–Kier alpha value is -2.11. The van der Waals surface area contributed by atoms with Crippen LogP contribution in [0.3, 0.4) is 0 Å². The average Bonchev–Trinajstić information content (AvgIpc) is 2.95. The zero-order valence-corrected chi connectivity index (χ0v) is 17.5. The van der Waals surface area contributed by atoms with Gasteiger partial charge >= 0.3 is 6.03 Å². The standard InChI is InChI=1S/C17H19BrN4O5S/c1-11-3-2-6-21(9-11)28(26,27)14-7-12(4-5-13(14)18)20-15(23)10-22-16(24)8-19-17(22)25/h4-5,7-8,11H,2-3,6,9-10H2,1H3,(H,20,23)/t11-/m0/s1. The number of hydrogen-bond acceptors (Lipinski definition) is 5. The Morgan fingerprint density at radius 1 is 1.36 bits per heavy atom. The van der Waals surface area contributed by atoms with Crippen molar-refractivity contribution in [3.63, 3.8) is 0 Å². The first-order valence-corrected chi connectivity index (χ1v) is 10.9. The number of urea groups is 1.